The molecule has 78 valence electrons. The van der Waals surface area contributed by atoms with Crippen molar-refractivity contribution >= 4 is 6.41 Å². The molecular weight excluding hydrogens is 178 g/mol. The monoisotopic (exact) mass is 195 g/mol. The minimum Gasteiger partial charge on any atom is -0.497 e. The van der Waals surface area contributed by atoms with Crippen molar-refractivity contribution in [3.05, 3.63) is 29.8 Å². The number of carbonyl (C=O) groups is 1. The standard InChI is InChI=1S/C9H11NO2.C2H6/c1-12-9-4-2-8(3-5-9)6-10-7-11;1-2/h2-5,7H,6H2,1H3,(H,10,11);1-2H3. The molecule has 1 aromatic carbocycles. The van der Waals surface area contributed by atoms with E-state index < -0.39 is 0 Å². The summed E-state index contributed by atoms with van der Waals surface area (Å²) in [5.41, 5.74) is 1.06. The van der Waals surface area contributed by atoms with E-state index in [0.717, 1.165) is 11.3 Å². The molecule has 0 aromatic heterocycles. The minimum absolute atomic E-state index is 0.563. The van der Waals surface area contributed by atoms with Crippen LogP contribution in [-0.4, -0.2) is 13.5 Å². The van der Waals surface area contributed by atoms with Crippen LogP contribution in [0, 0.1) is 0 Å². The maximum absolute atomic E-state index is 9.97. The fourth-order valence-electron chi connectivity index (χ4n) is 0.903. The average molecular weight is 195 g/mol. The van der Waals surface area contributed by atoms with Gasteiger partial charge in [0.15, 0.2) is 0 Å². The molecule has 0 unspecified atom stereocenters. The zero-order chi connectivity index (χ0) is 10.8. The molecule has 3 heteroatoms. The zero-order valence-corrected chi connectivity index (χ0v) is 8.91. The van der Waals surface area contributed by atoms with E-state index in [9.17, 15) is 4.79 Å². The van der Waals surface area contributed by atoms with Crippen molar-refractivity contribution in [1.82, 2.24) is 5.32 Å². The van der Waals surface area contributed by atoms with Crippen LogP contribution in [0.25, 0.3) is 0 Å². The van der Waals surface area contributed by atoms with Gasteiger partial charge in [-0.3, -0.25) is 4.79 Å². The number of methoxy groups -OCH3 is 1. The second-order valence-electron chi connectivity index (χ2n) is 2.35. The van der Waals surface area contributed by atoms with Gasteiger partial charge >= 0.3 is 0 Å². The highest BCUT2D eigenvalue weighted by Crippen LogP contribution is 2.10. The molecule has 0 aliphatic carbocycles. The Morgan fingerprint density at radius 3 is 2.29 bits per heavy atom. The molecule has 1 aromatic rings. The van der Waals surface area contributed by atoms with Crippen LogP contribution in [0.3, 0.4) is 0 Å². The molecule has 0 spiro atoms. The van der Waals surface area contributed by atoms with Gasteiger partial charge in [0.2, 0.25) is 6.41 Å². The van der Waals surface area contributed by atoms with Crippen molar-refractivity contribution in [2.45, 2.75) is 20.4 Å². The number of hydrogen-bond donors (Lipinski definition) is 1. The number of rotatable bonds is 4. The van der Waals surface area contributed by atoms with Gasteiger partial charge < -0.3 is 10.1 Å². The third-order valence-electron chi connectivity index (χ3n) is 1.55. The molecule has 0 saturated heterocycles. The van der Waals surface area contributed by atoms with Gasteiger partial charge in [-0.15, -0.1) is 0 Å². The van der Waals surface area contributed by atoms with Gasteiger partial charge in [0.25, 0.3) is 0 Å². The van der Waals surface area contributed by atoms with Gasteiger partial charge in [-0.25, -0.2) is 0 Å². The number of carbonyl (C=O) groups excluding carboxylic acids is 1. The molecule has 0 aliphatic heterocycles. The molecule has 0 heterocycles. The van der Waals surface area contributed by atoms with Crippen LogP contribution < -0.4 is 10.1 Å². The normalized spacial score (nSPS) is 8.21. The maximum atomic E-state index is 9.97. The number of ether oxygens (including phenoxy) is 1. The van der Waals surface area contributed by atoms with Crippen molar-refractivity contribution in [3.8, 4) is 5.75 Å². The first kappa shape index (κ1) is 12.5. The van der Waals surface area contributed by atoms with Crippen LogP contribution >= 0.6 is 0 Å². The zero-order valence-electron chi connectivity index (χ0n) is 8.91. The third kappa shape index (κ3) is 4.50. The molecule has 0 aliphatic rings. The second-order valence-corrected chi connectivity index (χ2v) is 2.35. The van der Waals surface area contributed by atoms with Gasteiger partial charge in [0.1, 0.15) is 5.75 Å². The van der Waals surface area contributed by atoms with Crippen LogP contribution in [0.4, 0.5) is 0 Å². The lowest BCUT2D eigenvalue weighted by Crippen LogP contribution is -2.09. The Hall–Kier alpha value is -1.51. The molecule has 0 radical (unpaired) electrons. The Kier molecular flexibility index (Phi) is 7.23. The smallest absolute Gasteiger partial charge is 0.207 e. The maximum Gasteiger partial charge on any atom is 0.207 e. The molecule has 0 atom stereocenters. The first-order chi connectivity index (χ1) is 6.86. The Morgan fingerprint density at radius 1 is 1.29 bits per heavy atom. The largest absolute Gasteiger partial charge is 0.497 e. The van der Waals surface area contributed by atoms with Crippen molar-refractivity contribution < 1.29 is 9.53 Å². The van der Waals surface area contributed by atoms with Gasteiger partial charge in [0, 0.05) is 6.54 Å². The summed E-state index contributed by atoms with van der Waals surface area (Å²) < 4.78 is 4.98. The summed E-state index contributed by atoms with van der Waals surface area (Å²) in [7, 11) is 1.62. The van der Waals surface area contributed by atoms with E-state index in [1.165, 1.54) is 0 Å². The summed E-state index contributed by atoms with van der Waals surface area (Å²) in [5.74, 6) is 0.824. The molecule has 14 heavy (non-hydrogen) atoms. The van der Waals surface area contributed by atoms with Gasteiger partial charge in [0.05, 0.1) is 7.11 Å². The van der Waals surface area contributed by atoms with Gasteiger partial charge in [-0.1, -0.05) is 26.0 Å². The SMILES string of the molecule is CC.COc1ccc(CNC=O)cc1. The van der Waals surface area contributed by atoms with Crippen LogP contribution in [-0.2, 0) is 11.3 Å². The predicted octanol–water partition coefficient (Wildman–Crippen LogP) is 1.97. The highest BCUT2D eigenvalue weighted by atomic mass is 16.5. The summed E-state index contributed by atoms with van der Waals surface area (Å²) in [6.07, 6.45) is 0.685. The summed E-state index contributed by atoms with van der Waals surface area (Å²) >= 11 is 0. The van der Waals surface area contributed by atoms with E-state index in [4.69, 9.17) is 4.74 Å². The number of nitrogens with one attached hydrogen (secondary N) is 1. The third-order valence-corrected chi connectivity index (χ3v) is 1.55. The van der Waals surface area contributed by atoms with Crippen molar-refractivity contribution in [3.63, 3.8) is 0 Å². The van der Waals surface area contributed by atoms with E-state index in [1.54, 1.807) is 7.11 Å². The molecule has 3 nitrogen and oxygen atoms in total. The van der Waals surface area contributed by atoms with E-state index in [0.29, 0.717) is 13.0 Å². The number of benzene rings is 1. The molecule has 1 N–H and O–H groups in total. The quantitative estimate of drug-likeness (QED) is 0.746. The molecular formula is C11H17NO2. The van der Waals surface area contributed by atoms with Gasteiger partial charge in [-0.2, -0.15) is 0 Å². The average Bonchev–Trinajstić information content (AvgIpc) is 2.30. The fourth-order valence-corrected chi connectivity index (χ4v) is 0.903. The summed E-state index contributed by atoms with van der Waals surface area (Å²) in [6, 6.07) is 7.55. The van der Waals surface area contributed by atoms with Crippen LogP contribution in [0.2, 0.25) is 0 Å². The highest BCUT2D eigenvalue weighted by molar-refractivity contribution is 5.46. The summed E-state index contributed by atoms with van der Waals surface area (Å²) in [6.45, 7) is 4.56. The Morgan fingerprint density at radius 2 is 1.86 bits per heavy atom. The summed E-state index contributed by atoms with van der Waals surface area (Å²) in [5, 5.41) is 2.58. The molecule has 0 fully saturated rings. The Labute approximate surface area is 85.1 Å². The predicted molar refractivity (Wildman–Crippen MR) is 57.2 cm³/mol. The molecule has 0 bridgehead atoms. The fraction of sp³-hybridized carbons (Fsp3) is 0.364. The lowest BCUT2D eigenvalue weighted by atomic mass is 10.2. The Bertz CT molecular complexity index is 244. The lowest BCUT2D eigenvalue weighted by Gasteiger charge is -2.01. The topological polar surface area (TPSA) is 38.3 Å². The van der Waals surface area contributed by atoms with Crippen molar-refractivity contribution in [2.75, 3.05) is 7.11 Å². The Balaban J connectivity index is 0.000000791. The van der Waals surface area contributed by atoms with Crippen LogP contribution in [0.5, 0.6) is 5.75 Å². The van der Waals surface area contributed by atoms with E-state index in [2.05, 4.69) is 5.32 Å². The van der Waals surface area contributed by atoms with Crippen LogP contribution in [0.15, 0.2) is 24.3 Å². The molecule has 1 rings (SSSR count). The first-order valence-electron chi connectivity index (χ1n) is 4.67. The second kappa shape index (κ2) is 8.10. The highest BCUT2D eigenvalue weighted by Gasteiger charge is 1.91. The molecule has 1 amide bonds. The van der Waals surface area contributed by atoms with E-state index in [-0.39, 0.29) is 0 Å². The van der Waals surface area contributed by atoms with Crippen LogP contribution in [0.1, 0.15) is 19.4 Å². The van der Waals surface area contributed by atoms with Crippen molar-refractivity contribution in [2.24, 2.45) is 0 Å². The minimum atomic E-state index is 0.563. The lowest BCUT2D eigenvalue weighted by molar-refractivity contribution is -0.109. The van der Waals surface area contributed by atoms with E-state index >= 15 is 0 Å². The number of amides is 1. The van der Waals surface area contributed by atoms with Gasteiger partial charge in [-0.05, 0) is 17.7 Å². The van der Waals surface area contributed by atoms with Crippen molar-refractivity contribution in [1.29, 1.82) is 0 Å². The molecule has 0 saturated carbocycles. The summed E-state index contributed by atoms with van der Waals surface area (Å²) in [4.78, 5) is 9.97. The van der Waals surface area contributed by atoms with E-state index in [1.807, 2.05) is 38.1 Å². The first-order valence-corrected chi connectivity index (χ1v) is 4.67. The number of hydrogen-bond acceptors (Lipinski definition) is 2.